The fourth-order valence-corrected chi connectivity index (χ4v) is 6.80. The fourth-order valence-electron chi connectivity index (χ4n) is 5.40. The maximum absolute atomic E-state index is 13.9. The highest BCUT2D eigenvalue weighted by Crippen LogP contribution is 2.44. The summed E-state index contributed by atoms with van der Waals surface area (Å²) < 4.78 is 16.1. The molecule has 6 rings (SSSR count). The Morgan fingerprint density at radius 1 is 1.00 bits per heavy atom. The molecule has 2 aromatic carbocycles. The number of urea groups is 1. The van der Waals surface area contributed by atoms with Crippen molar-refractivity contribution in [1.82, 2.24) is 9.47 Å². The minimum atomic E-state index is -0.337. The molecule has 1 unspecified atom stereocenters. The fraction of sp³-hybridized carbons (Fsp3) is 0.276. The molecule has 0 saturated heterocycles. The predicted octanol–water partition coefficient (Wildman–Crippen LogP) is 7.31. The zero-order valence-corrected chi connectivity index (χ0v) is 20.8. The summed E-state index contributed by atoms with van der Waals surface area (Å²) >= 11 is 1.86. The third-order valence-corrected chi connectivity index (χ3v) is 8.72. The molecule has 178 valence electrons. The van der Waals surface area contributed by atoms with E-state index in [1.165, 1.54) is 51.5 Å². The van der Waals surface area contributed by atoms with Gasteiger partial charge in [0.05, 0.1) is 18.3 Å². The van der Waals surface area contributed by atoms with Crippen molar-refractivity contribution in [3.05, 3.63) is 105 Å². The summed E-state index contributed by atoms with van der Waals surface area (Å²) in [6.45, 7) is 4.63. The number of hydrogen-bond acceptors (Lipinski definition) is 2. The second kappa shape index (κ2) is 8.68. The van der Waals surface area contributed by atoms with Gasteiger partial charge in [-0.1, -0.05) is 18.2 Å². The molecule has 0 bridgehead atoms. The van der Waals surface area contributed by atoms with E-state index in [0.29, 0.717) is 6.54 Å². The summed E-state index contributed by atoms with van der Waals surface area (Å²) in [6, 6.07) is 16.2. The molecule has 4 aromatic rings. The van der Waals surface area contributed by atoms with Gasteiger partial charge in [0.1, 0.15) is 10.8 Å². The maximum Gasteiger partial charge on any atom is 0.322 e. The molecule has 0 fully saturated rings. The number of carbonyl (C=O) groups is 1. The van der Waals surface area contributed by atoms with Crippen LogP contribution in [0.3, 0.4) is 0 Å². The lowest BCUT2D eigenvalue weighted by atomic mass is 9.95. The predicted molar refractivity (Wildman–Crippen MR) is 139 cm³/mol. The number of nitrogens with one attached hydrogen (secondary N) is 1. The van der Waals surface area contributed by atoms with Gasteiger partial charge in [-0.25, -0.2) is 9.18 Å². The molecule has 1 aliphatic heterocycles. The van der Waals surface area contributed by atoms with Crippen molar-refractivity contribution in [3.8, 4) is 5.00 Å². The molecular weight excluding hydrogens is 457 g/mol. The van der Waals surface area contributed by atoms with Crippen LogP contribution in [0, 0.1) is 19.7 Å². The highest BCUT2D eigenvalue weighted by Gasteiger charge is 2.36. The van der Waals surface area contributed by atoms with Crippen LogP contribution in [-0.2, 0) is 19.4 Å². The molecule has 35 heavy (non-hydrogen) atoms. The average molecular weight is 486 g/mol. The molecule has 2 aromatic heterocycles. The molecular formula is C29H28FN3OS. The Morgan fingerprint density at radius 2 is 1.80 bits per heavy atom. The van der Waals surface area contributed by atoms with Crippen LogP contribution in [-0.4, -0.2) is 15.5 Å². The second-order valence-corrected chi connectivity index (χ2v) is 10.7. The molecule has 1 aliphatic carbocycles. The average Bonchev–Trinajstić information content (AvgIpc) is 3.44. The molecule has 2 aliphatic rings. The van der Waals surface area contributed by atoms with Crippen LogP contribution in [0.4, 0.5) is 14.9 Å². The van der Waals surface area contributed by atoms with Gasteiger partial charge in [0.15, 0.2) is 0 Å². The van der Waals surface area contributed by atoms with Crippen LogP contribution in [0.15, 0.2) is 60.8 Å². The Bertz CT molecular complexity index is 1420. The van der Waals surface area contributed by atoms with Gasteiger partial charge in [-0.2, -0.15) is 0 Å². The number of aryl methyl sites for hydroxylation is 3. The Balaban J connectivity index is 1.48. The number of hydrogen-bond donors (Lipinski definition) is 1. The number of amides is 2. The zero-order valence-electron chi connectivity index (χ0n) is 20.0. The largest absolute Gasteiger partial charge is 0.322 e. The van der Waals surface area contributed by atoms with E-state index in [4.69, 9.17) is 0 Å². The Morgan fingerprint density at radius 3 is 2.60 bits per heavy atom. The molecule has 6 heteroatoms. The minimum Gasteiger partial charge on any atom is -0.310 e. The van der Waals surface area contributed by atoms with E-state index in [9.17, 15) is 9.18 Å². The normalized spacial score (nSPS) is 16.8. The van der Waals surface area contributed by atoms with Gasteiger partial charge in [0, 0.05) is 22.3 Å². The van der Waals surface area contributed by atoms with Gasteiger partial charge in [-0.05, 0) is 98.2 Å². The second-order valence-electron chi connectivity index (χ2n) is 9.61. The summed E-state index contributed by atoms with van der Waals surface area (Å²) in [5, 5.41) is 4.37. The Hall–Kier alpha value is -3.38. The number of thiophene rings is 1. The molecule has 2 amide bonds. The van der Waals surface area contributed by atoms with Crippen molar-refractivity contribution >= 4 is 23.1 Å². The molecule has 0 saturated carbocycles. The quantitative estimate of drug-likeness (QED) is 0.318. The van der Waals surface area contributed by atoms with E-state index < -0.39 is 0 Å². The van der Waals surface area contributed by atoms with Crippen molar-refractivity contribution in [2.75, 3.05) is 5.32 Å². The zero-order chi connectivity index (χ0) is 24.1. The van der Waals surface area contributed by atoms with Crippen molar-refractivity contribution < 1.29 is 9.18 Å². The number of carbonyl (C=O) groups excluding carboxylic acids is 1. The standard InChI is InChI=1S/C29H28FN3OS/c1-18-9-14-22(16-19(18)2)31-29(34)33-17-24-23-6-3-4-8-26(23)35-28(24)32-15-5-7-25(32)27(33)20-10-12-21(30)13-11-20/h5,7,9-16,27H,3-4,6,8,17H2,1-2H3,(H,31,34). The summed E-state index contributed by atoms with van der Waals surface area (Å²) in [5.41, 5.74) is 7.69. The van der Waals surface area contributed by atoms with Crippen LogP contribution in [0.2, 0.25) is 0 Å². The topological polar surface area (TPSA) is 37.3 Å². The SMILES string of the molecule is Cc1ccc(NC(=O)N2Cc3c(sc4c3CCCC4)-n3cccc3C2c2ccc(F)cc2)cc1C. The van der Waals surface area contributed by atoms with Gasteiger partial charge in [0.25, 0.3) is 0 Å². The lowest BCUT2D eigenvalue weighted by molar-refractivity contribution is 0.194. The van der Waals surface area contributed by atoms with Crippen LogP contribution >= 0.6 is 11.3 Å². The van der Waals surface area contributed by atoms with E-state index in [1.807, 2.05) is 40.5 Å². The van der Waals surface area contributed by atoms with Gasteiger partial charge < -0.3 is 14.8 Å². The number of rotatable bonds is 2. The first-order chi connectivity index (χ1) is 17.0. The molecule has 0 radical (unpaired) electrons. The summed E-state index contributed by atoms with van der Waals surface area (Å²) in [6.07, 6.45) is 6.67. The van der Waals surface area contributed by atoms with E-state index >= 15 is 0 Å². The van der Waals surface area contributed by atoms with Crippen molar-refractivity contribution in [3.63, 3.8) is 0 Å². The van der Waals surface area contributed by atoms with Crippen molar-refractivity contribution in [1.29, 1.82) is 0 Å². The summed E-state index contributed by atoms with van der Waals surface area (Å²) in [7, 11) is 0. The number of halogens is 1. The number of fused-ring (bicyclic) bond motifs is 5. The monoisotopic (exact) mass is 485 g/mol. The van der Waals surface area contributed by atoms with E-state index in [2.05, 4.69) is 36.0 Å². The lowest BCUT2D eigenvalue weighted by Crippen LogP contribution is -2.38. The first-order valence-electron chi connectivity index (χ1n) is 12.2. The molecule has 4 nitrogen and oxygen atoms in total. The summed E-state index contributed by atoms with van der Waals surface area (Å²) in [5.74, 6) is -0.280. The minimum absolute atomic E-state index is 0.154. The molecule has 1 N–H and O–H groups in total. The first-order valence-corrected chi connectivity index (χ1v) is 13.0. The third kappa shape index (κ3) is 3.86. The third-order valence-electron chi connectivity index (χ3n) is 7.38. The van der Waals surface area contributed by atoms with Crippen molar-refractivity contribution in [2.24, 2.45) is 0 Å². The lowest BCUT2D eigenvalue weighted by Gasteiger charge is -2.31. The van der Waals surface area contributed by atoms with Gasteiger partial charge in [0.2, 0.25) is 0 Å². The van der Waals surface area contributed by atoms with E-state index in [0.717, 1.165) is 35.3 Å². The molecule has 0 spiro atoms. The summed E-state index contributed by atoms with van der Waals surface area (Å²) in [4.78, 5) is 17.3. The Kier molecular flexibility index (Phi) is 5.49. The van der Waals surface area contributed by atoms with Gasteiger partial charge >= 0.3 is 6.03 Å². The Labute approximate surface area is 209 Å². The number of nitrogens with zero attached hydrogens (tertiary/aromatic N) is 2. The first kappa shape index (κ1) is 22.1. The van der Waals surface area contributed by atoms with Gasteiger partial charge in [-0.3, -0.25) is 0 Å². The number of benzene rings is 2. The number of anilines is 1. The maximum atomic E-state index is 13.9. The highest BCUT2D eigenvalue weighted by atomic mass is 32.1. The van der Waals surface area contributed by atoms with E-state index in [-0.39, 0.29) is 17.9 Å². The van der Waals surface area contributed by atoms with Gasteiger partial charge in [-0.15, -0.1) is 11.3 Å². The number of aromatic nitrogens is 1. The molecule has 1 atom stereocenters. The van der Waals surface area contributed by atoms with Crippen LogP contribution in [0.1, 0.15) is 57.3 Å². The van der Waals surface area contributed by atoms with Crippen molar-refractivity contribution in [2.45, 2.75) is 52.1 Å². The van der Waals surface area contributed by atoms with E-state index in [1.54, 1.807) is 12.1 Å². The highest BCUT2D eigenvalue weighted by molar-refractivity contribution is 7.15. The van der Waals surface area contributed by atoms with Crippen LogP contribution in [0.5, 0.6) is 0 Å². The molecule has 3 heterocycles. The smallest absolute Gasteiger partial charge is 0.310 e. The van der Waals surface area contributed by atoms with Crippen LogP contribution < -0.4 is 5.32 Å². The van der Waals surface area contributed by atoms with Crippen LogP contribution in [0.25, 0.3) is 5.00 Å².